The summed E-state index contributed by atoms with van der Waals surface area (Å²) in [5, 5.41) is 2.84. The number of likely N-dealkylation sites (tertiary alicyclic amines) is 1. The van der Waals surface area contributed by atoms with Gasteiger partial charge < -0.3 is 5.32 Å². The van der Waals surface area contributed by atoms with Crippen molar-refractivity contribution in [3.63, 3.8) is 0 Å². The highest BCUT2D eigenvalue weighted by molar-refractivity contribution is 6.05. The summed E-state index contributed by atoms with van der Waals surface area (Å²) in [6.07, 6.45) is 0.739. The van der Waals surface area contributed by atoms with Crippen LogP contribution in [0, 0.1) is 11.6 Å². The molecule has 2 atom stereocenters. The van der Waals surface area contributed by atoms with Gasteiger partial charge in [-0.05, 0) is 31.5 Å². The van der Waals surface area contributed by atoms with Crippen molar-refractivity contribution < 1.29 is 18.4 Å². The second-order valence-electron chi connectivity index (χ2n) is 5.23. The Morgan fingerprint density at radius 2 is 2.10 bits per heavy atom. The number of halogens is 2. The lowest BCUT2D eigenvalue weighted by molar-refractivity contribution is -0.141. The molecule has 2 rings (SSSR count). The molecule has 2 amide bonds. The van der Waals surface area contributed by atoms with E-state index in [1.807, 2.05) is 13.8 Å². The summed E-state index contributed by atoms with van der Waals surface area (Å²) in [6.45, 7) is 3.71. The van der Waals surface area contributed by atoms with Gasteiger partial charge in [-0.2, -0.15) is 0 Å². The minimum atomic E-state index is -0.672. The summed E-state index contributed by atoms with van der Waals surface area (Å²) < 4.78 is 26.6. The number of carbonyl (C=O) groups is 2. The molecule has 4 nitrogen and oxygen atoms in total. The number of hydrogen-bond acceptors (Lipinski definition) is 3. The molecule has 6 heteroatoms. The summed E-state index contributed by atoms with van der Waals surface area (Å²) >= 11 is 0. The van der Waals surface area contributed by atoms with Gasteiger partial charge in [0.2, 0.25) is 11.8 Å². The van der Waals surface area contributed by atoms with E-state index in [9.17, 15) is 18.4 Å². The topological polar surface area (TPSA) is 49.4 Å². The maximum atomic E-state index is 13.5. The third-order valence-corrected chi connectivity index (χ3v) is 3.76. The van der Waals surface area contributed by atoms with Gasteiger partial charge >= 0.3 is 0 Å². The van der Waals surface area contributed by atoms with Gasteiger partial charge in [-0.3, -0.25) is 14.5 Å². The van der Waals surface area contributed by atoms with E-state index in [2.05, 4.69) is 5.32 Å². The van der Waals surface area contributed by atoms with E-state index >= 15 is 0 Å². The summed E-state index contributed by atoms with van der Waals surface area (Å²) in [5.74, 6) is -1.61. The number of hydrogen-bond donors (Lipinski definition) is 1. The predicted molar refractivity (Wildman–Crippen MR) is 73.2 cm³/mol. The van der Waals surface area contributed by atoms with Crippen molar-refractivity contribution in [2.75, 3.05) is 0 Å². The van der Waals surface area contributed by atoms with Crippen molar-refractivity contribution >= 4 is 11.8 Å². The molecular formula is C15H18F2N2O2. The highest BCUT2D eigenvalue weighted by Crippen LogP contribution is 2.19. The fraction of sp³-hybridized carbons (Fsp3) is 0.467. The van der Waals surface area contributed by atoms with Crippen molar-refractivity contribution in [1.29, 1.82) is 0 Å². The van der Waals surface area contributed by atoms with E-state index in [-0.39, 0.29) is 36.4 Å². The average Bonchev–Trinajstić information content (AvgIpc) is 2.73. The number of nitrogens with zero attached hydrogens (tertiary/aromatic N) is 1. The molecule has 0 aromatic heterocycles. The number of carbonyl (C=O) groups excluding carboxylic acids is 2. The largest absolute Gasteiger partial charge is 0.301 e. The standard InChI is InChI=1S/C15H18F2N2O2/c1-3-9(2)19-14(20)7-13(15(19)21)18-8-10-6-11(16)4-5-12(10)17/h4-6,9,13,18H,3,7-8H2,1-2H3. The second-order valence-corrected chi connectivity index (χ2v) is 5.23. The van der Waals surface area contributed by atoms with Crippen LogP contribution in [0.2, 0.25) is 0 Å². The first-order valence-corrected chi connectivity index (χ1v) is 6.97. The Labute approximate surface area is 122 Å². The van der Waals surface area contributed by atoms with Crippen LogP contribution >= 0.6 is 0 Å². The van der Waals surface area contributed by atoms with Gasteiger partial charge in [-0.25, -0.2) is 8.78 Å². The van der Waals surface area contributed by atoms with Crippen LogP contribution in [0.25, 0.3) is 0 Å². The molecule has 1 N–H and O–H groups in total. The maximum absolute atomic E-state index is 13.5. The summed E-state index contributed by atoms with van der Waals surface area (Å²) in [7, 11) is 0. The zero-order chi connectivity index (χ0) is 15.6. The lowest BCUT2D eigenvalue weighted by Crippen LogP contribution is -2.42. The molecule has 21 heavy (non-hydrogen) atoms. The highest BCUT2D eigenvalue weighted by atomic mass is 19.1. The second kappa shape index (κ2) is 6.30. The molecule has 0 radical (unpaired) electrons. The van der Waals surface area contributed by atoms with Crippen LogP contribution in [0.3, 0.4) is 0 Å². The zero-order valence-electron chi connectivity index (χ0n) is 12.0. The predicted octanol–water partition coefficient (Wildman–Crippen LogP) is 1.98. The molecule has 0 spiro atoms. The Bertz CT molecular complexity index is 563. The Morgan fingerprint density at radius 1 is 1.38 bits per heavy atom. The Morgan fingerprint density at radius 3 is 2.76 bits per heavy atom. The first-order valence-electron chi connectivity index (χ1n) is 6.97. The number of amides is 2. The third kappa shape index (κ3) is 3.26. The summed E-state index contributed by atoms with van der Waals surface area (Å²) in [5.41, 5.74) is 0.136. The van der Waals surface area contributed by atoms with Crippen molar-refractivity contribution in [2.45, 2.75) is 45.3 Å². The maximum Gasteiger partial charge on any atom is 0.247 e. The molecule has 0 aliphatic carbocycles. The molecule has 1 aromatic rings. The quantitative estimate of drug-likeness (QED) is 0.845. The van der Waals surface area contributed by atoms with Gasteiger partial charge in [0.1, 0.15) is 11.6 Å². The SMILES string of the molecule is CCC(C)N1C(=O)CC(NCc2cc(F)ccc2F)C1=O. The van der Waals surface area contributed by atoms with Crippen LogP contribution in [0.15, 0.2) is 18.2 Å². The molecule has 0 saturated carbocycles. The van der Waals surface area contributed by atoms with Gasteiger partial charge in [0.05, 0.1) is 12.5 Å². The number of imide groups is 1. The van der Waals surface area contributed by atoms with Gasteiger partial charge in [0.15, 0.2) is 0 Å². The van der Waals surface area contributed by atoms with Crippen LogP contribution < -0.4 is 5.32 Å². The Hall–Kier alpha value is -1.82. The van der Waals surface area contributed by atoms with E-state index in [4.69, 9.17) is 0 Å². The minimum absolute atomic E-state index is 0.00161. The Balaban J connectivity index is 2.03. The molecule has 114 valence electrons. The van der Waals surface area contributed by atoms with Gasteiger partial charge in [-0.15, -0.1) is 0 Å². The number of benzene rings is 1. The Kier molecular flexibility index (Phi) is 4.67. The van der Waals surface area contributed by atoms with Crippen molar-refractivity contribution in [2.24, 2.45) is 0 Å². The van der Waals surface area contributed by atoms with E-state index in [0.717, 1.165) is 18.2 Å². The molecule has 2 unspecified atom stereocenters. The van der Waals surface area contributed by atoms with E-state index in [1.165, 1.54) is 4.90 Å². The van der Waals surface area contributed by atoms with Crippen molar-refractivity contribution in [3.05, 3.63) is 35.4 Å². The van der Waals surface area contributed by atoms with E-state index in [1.54, 1.807) is 0 Å². The van der Waals surface area contributed by atoms with Crippen molar-refractivity contribution in [3.8, 4) is 0 Å². The van der Waals surface area contributed by atoms with E-state index < -0.39 is 17.7 Å². The van der Waals surface area contributed by atoms with E-state index in [0.29, 0.717) is 6.42 Å². The fourth-order valence-electron chi connectivity index (χ4n) is 2.37. The molecular weight excluding hydrogens is 278 g/mol. The summed E-state index contributed by atoms with van der Waals surface area (Å²) in [6, 6.07) is 2.33. The average molecular weight is 296 g/mol. The van der Waals surface area contributed by atoms with Gasteiger partial charge in [0.25, 0.3) is 0 Å². The molecule has 1 aliphatic rings. The van der Waals surface area contributed by atoms with Crippen LogP contribution in [0.5, 0.6) is 0 Å². The fourth-order valence-corrected chi connectivity index (χ4v) is 2.37. The van der Waals surface area contributed by atoms with Crippen LogP contribution in [0.4, 0.5) is 8.78 Å². The van der Waals surface area contributed by atoms with Crippen LogP contribution in [-0.4, -0.2) is 28.8 Å². The zero-order valence-corrected chi connectivity index (χ0v) is 12.0. The molecule has 1 saturated heterocycles. The van der Waals surface area contributed by atoms with Gasteiger partial charge in [-0.1, -0.05) is 6.92 Å². The molecule has 0 bridgehead atoms. The molecule has 1 fully saturated rings. The number of rotatable bonds is 5. The molecule has 1 heterocycles. The third-order valence-electron chi connectivity index (χ3n) is 3.76. The highest BCUT2D eigenvalue weighted by Gasteiger charge is 2.40. The number of nitrogens with one attached hydrogen (secondary N) is 1. The first kappa shape index (κ1) is 15.6. The molecule has 1 aliphatic heterocycles. The van der Waals surface area contributed by atoms with Crippen molar-refractivity contribution in [1.82, 2.24) is 10.2 Å². The lowest BCUT2D eigenvalue weighted by Gasteiger charge is -2.21. The monoisotopic (exact) mass is 296 g/mol. The van der Waals surface area contributed by atoms with Crippen LogP contribution in [0.1, 0.15) is 32.3 Å². The van der Waals surface area contributed by atoms with Gasteiger partial charge in [0, 0.05) is 18.2 Å². The molecule has 1 aromatic carbocycles. The summed E-state index contributed by atoms with van der Waals surface area (Å²) in [4.78, 5) is 25.3. The normalized spacial score (nSPS) is 20.2. The first-order chi connectivity index (χ1) is 9.93. The smallest absolute Gasteiger partial charge is 0.247 e. The lowest BCUT2D eigenvalue weighted by atomic mass is 10.1. The van der Waals surface area contributed by atoms with Crippen LogP contribution in [-0.2, 0) is 16.1 Å². The minimum Gasteiger partial charge on any atom is -0.301 e.